The molecular weight excluding hydrogens is 264 g/mol. The molecule has 3 N–H and O–H groups in total. The number of amides is 1. The molecule has 17 heavy (non-hydrogen) atoms. The molecule has 1 amide bonds. The highest BCUT2D eigenvalue weighted by molar-refractivity contribution is 7.90. The number of anilines is 1. The Morgan fingerprint density at radius 3 is 2.65 bits per heavy atom. The highest BCUT2D eigenvalue weighted by Crippen LogP contribution is 2.21. The van der Waals surface area contributed by atoms with Gasteiger partial charge in [-0.05, 0) is 12.1 Å². The van der Waals surface area contributed by atoms with Crippen molar-refractivity contribution in [2.24, 2.45) is 0 Å². The fourth-order valence-corrected chi connectivity index (χ4v) is 1.96. The maximum absolute atomic E-state index is 11.7. The Bertz CT molecular complexity index is 508. The Morgan fingerprint density at radius 1 is 1.47 bits per heavy atom. The van der Waals surface area contributed by atoms with E-state index in [9.17, 15) is 13.2 Å². The van der Waals surface area contributed by atoms with Crippen LogP contribution in [0.2, 0.25) is 5.02 Å². The van der Waals surface area contributed by atoms with Gasteiger partial charge >= 0.3 is 0 Å². The number of rotatable bonds is 4. The van der Waals surface area contributed by atoms with Crippen molar-refractivity contribution >= 4 is 33.0 Å². The summed E-state index contributed by atoms with van der Waals surface area (Å²) in [6.45, 7) is 0.0301. The van der Waals surface area contributed by atoms with Gasteiger partial charge in [0.05, 0.1) is 16.3 Å². The van der Waals surface area contributed by atoms with Crippen LogP contribution in [0.3, 0.4) is 0 Å². The predicted molar refractivity (Wildman–Crippen MR) is 67.9 cm³/mol. The standard InChI is InChI=1S/C10H13ClN2O3S/c1-17(15,16)6-5-13-10(14)9-7(11)3-2-4-8(9)12/h2-4H,5-6,12H2,1H3,(H,13,14). The summed E-state index contributed by atoms with van der Waals surface area (Å²) in [6, 6.07) is 4.73. The number of nitrogen functional groups attached to an aromatic ring is 1. The Labute approximate surface area is 105 Å². The van der Waals surface area contributed by atoms with Crippen molar-refractivity contribution < 1.29 is 13.2 Å². The van der Waals surface area contributed by atoms with Crippen LogP contribution in [0, 0.1) is 0 Å². The zero-order chi connectivity index (χ0) is 13.1. The number of carbonyl (C=O) groups is 1. The van der Waals surface area contributed by atoms with Crippen LogP contribution in [0.1, 0.15) is 10.4 Å². The van der Waals surface area contributed by atoms with E-state index in [-0.39, 0.29) is 28.6 Å². The minimum absolute atomic E-state index is 0.0301. The van der Waals surface area contributed by atoms with Gasteiger partial charge in [-0.15, -0.1) is 0 Å². The molecule has 0 aliphatic heterocycles. The molecule has 7 heteroatoms. The summed E-state index contributed by atoms with van der Waals surface area (Å²) in [5.74, 6) is -0.597. The maximum atomic E-state index is 11.7. The fraction of sp³-hybridized carbons (Fsp3) is 0.300. The van der Waals surface area contributed by atoms with Gasteiger partial charge in [-0.1, -0.05) is 17.7 Å². The lowest BCUT2D eigenvalue weighted by Gasteiger charge is -2.08. The molecule has 0 aliphatic rings. The molecule has 5 nitrogen and oxygen atoms in total. The first-order valence-electron chi connectivity index (χ1n) is 4.81. The van der Waals surface area contributed by atoms with Gasteiger partial charge in [0.15, 0.2) is 0 Å². The van der Waals surface area contributed by atoms with Crippen molar-refractivity contribution in [3.8, 4) is 0 Å². The number of carbonyl (C=O) groups excluding carboxylic acids is 1. The summed E-state index contributed by atoms with van der Waals surface area (Å²) >= 11 is 5.83. The van der Waals surface area contributed by atoms with E-state index in [0.29, 0.717) is 0 Å². The summed E-state index contributed by atoms with van der Waals surface area (Å²) < 4.78 is 21.8. The highest BCUT2D eigenvalue weighted by Gasteiger charge is 2.13. The quantitative estimate of drug-likeness (QED) is 0.792. The number of nitrogens with one attached hydrogen (secondary N) is 1. The zero-order valence-corrected chi connectivity index (χ0v) is 10.8. The fourth-order valence-electron chi connectivity index (χ4n) is 1.22. The number of benzene rings is 1. The van der Waals surface area contributed by atoms with Gasteiger partial charge in [0.25, 0.3) is 5.91 Å². The van der Waals surface area contributed by atoms with E-state index in [1.165, 1.54) is 0 Å². The van der Waals surface area contributed by atoms with Crippen molar-refractivity contribution in [3.63, 3.8) is 0 Å². The third-order valence-corrected chi connectivity index (χ3v) is 3.29. The van der Waals surface area contributed by atoms with E-state index in [1.54, 1.807) is 18.2 Å². The van der Waals surface area contributed by atoms with Gasteiger partial charge in [-0.3, -0.25) is 4.79 Å². The summed E-state index contributed by atoms with van der Waals surface area (Å²) in [6.07, 6.45) is 1.10. The van der Waals surface area contributed by atoms with Gasteiger partial charge < -0.3 is 11.1 Å². The Balaban J connectivity index is 2.71. The molecule has 0 aliphatic carbocycles. The van der Waals surface area contributed by atoms with Crippen molar-refractivity contribution in [2.75, 3.05) is 24.3 Å². The first-order valence-corrected chi connectivity index (χ1v) is 7.25. The number of sulfone groups is 1. The zero-order valence-electron chi connectivity index (χ0n) is 9.23. The molecule has 0 unspecified atom stereocenters. The number of halogens is 1. The predicted octanol–water partition coefficient (Wildman–Crippen LogP) is 0.697. The van der Waals surface area contributed by atoms with Gasteiger partial charge in [-0.25, -0.2) is 8.42 Å². The second-order valence-electron chi connectivity index (χ2n) is 3.59. The van der Waals surface area contributed by atoms with Crippen LogP contribution in [-0.4, -0.2) is 32.9 Å². The monoisotopic (exact) mass is 276 g/mol. The smallest absolute Gasteiger partial charge is 0.254 e. The summed E-state index contributed by atoms with van der Waals surface area (Å²) in [7, 11) is -3.10. The summed E-state index contributed by atoms with van der Waals surface area (Å²) in [5.41, 5.74) is 6.04. The Hall–Kier alpha value is -1.27. The minimum atomic E-state index is -3.10. The Morgan fingerprint density at radius 2 is 2.12 bits per heavy atom. The van der Waals surface area contributed by atoms with E-state index in [2.05, 4.69) is 5.32 Å². The average molecular weight is 277 g/mol. The van der Waals surface area contributed by atoms with Gasteiger partial charge in [0.2, 0.25) is 0 Å². The molecule has 1 aromatic carbocycles. The molecule has 0 fully saturated rings. The van der Waals surface area contributed by atoms with Crippen molar-refractivity contribution in [2.45, 2.75) is 0 Å². The lowest BCUT2D eigenvalue weighted by Crippen LogP contribution is -2.29. The minimum Gasteiger partial charge on any atom is -0.398 e. The second kappa shape index (κ2) is 5.37. The first-order chi connectivity index (χ1) is 7.81. The van der Waals surface area contributed by atoms with E-state index >= 15 is 0 Å². The van der Waals surface area contributed by atoms with Gasteiger partial charge in [0.1, 0.15) is 9.84 Å². The first kappa shape index (κ1) is 13.8. The highest BCUT2D eigenvalue weighted by atomic mass is 35.5. The van der Waals surface area contributed by atoms with Crippen LogP contribution in [0.5, 0.6) is 0 Å². The number of hydrogen-bond acceptors (Lipinski definition) is 4. The molecule has 0 atom stereocenters. The molecule has 0 spiro atoms. The molecule has 0 saturated carbocycles. The van der Waals surface area contributed by atoms with Crippen molar-refractivity contribution in [3.05, 3.63) is 28.8 Å². The summed E-state index contributed by atoms with van der Waals surface area (Å²) in [4.78, 5) is 11.7. The molecule has 1 aromatic rings. The van der Waals surface area contributed by atoms with Crippen LogP contribution >= 0.6 is 11.6 Å². The van der Waals surface area contributed by atoms with Gasteiger partial charge in [-0.2, -0.15) is 0 Å². The topological polar surface area (TPSA) is 89.3 Å². The second-order valence-corrected chi connectivity index (χ2v) is 6.26. The molecule has 0 aromatic heterocycles. The average Bonchev–Trinajstić information content (AvgIpc) is 2.15. The van der Waals surface area contributed by atoms with E-state index in [4.69, 9.17) is 17.3 Å². The van der Waals surface area contributed by atoms with Crippen LogP contribution < -0.4 is 11.1 Å². The molecule has 0 heterocycles. The lowest BCUT2D eigenvalue weighted by atomic mass is 10.1. The normalized spacial score (nSPS) is 11.2. The molecule has 0 radical (unpaired) electrons. The summed E-state index contributed by atoms with van der Waals surface area (Å²) in [5, 5.41) is 2.69. The van der Waals surface area contributed by atoms with Crippen LogP contribution in [0.4, 0.5) is 5.69 Å². The molecule has 1 rings (SSSR count). The van der Waals surface area contributed by atoms with Crippen molar-refractivity contribution in [1.29, 1.82) is 0 Å². The lowest BCUT2D eigenvalue weighted by molar-refractivity contribution is 0.0957. The van der Waals surface area contributed by atoms with E-state index in [1.807, 2.05) is 0 Å². The largest absolute Gasteiger partial charge is 0.398 e. The third kappa shape index (κ3) is 4.24. The van der Waals surface area contributed by atoms with Crippen LogP contribution in [-0.2, 0) is 9.84 Å². The van der Waals surface area contributed by atoms with Crippen LogP contribution in [0.25, 0.3) is 0 Å². The van der Waals surface area contributed by atoms with Crippen LogP contribution in [0.15, 0.2) is 18.2 Å². The number of hydrogen-bond donors (Lipinski definition) is 2. The molecular formula is C10H13ClN2O3S. The maximum Gasteiger partial charge on any atom is 0.254 e. The van der Waals surface area contributed by atoms with E-state index < -0.39 is 15.7 Å². The van der Waals surface area contributed by atoms with Gasteiger partial charge in [0, 0.05) is 18.5 Å². The molecule has 94 valence electrons. The third-order valence-electron chi connectivity index (χ3n) is 2.03. The van der Waals surface area contributed by atoms with Crippen molar-refractivity contribution in [1.82, 2.24) is 5.32 Å². The Kier molecular flexibility index (Phi) is 4.36. The molecule has 0 saturated heterocycles. The number of nitrogens with two attached hydrogens (primary N) is 1. The molecule has 0 bridgehead atoms. The SMILES string of the molecule is CS(=O)(=O)CCNC(=O)c1c(N)cccc1Cl. The van der Waals surface area contributed by atoms with E-state index in [0.717, 1.165) is 6.26 Å².